The molecular formula is C12H12N2O3S. The van der Waals surface area contributed by atoms with E-state index in [-0.39, 0.29) is 23.5 Å². The Kier molecular flexibility index (Phi) is 3.34. The van der Waals surface area contributed by atoms with Crippen LogP contribution in [0.15, 0.2) is 24.3 Å². The van der Waals surface area contributed by atoms with Gasteiger partial charge >= 0.3 is 0 Å². The van der Waals surface area contributed by atoms with Crippen LogP contribution in [0.1, 0.15) is 22.3 Å². The molecule has 1 aliphatic heterocycles. The highest BCUT2D eigenvalue weighted by atomic mass is 32.2. The molecule has 0 radical (unpaired) electrons. The Morgan fingerprint density at radius 1 is 1.33 bits per heavy atom. The molecule has 1 amide bonds. The van der Waals surface area contributed by atoms with Gasteiger partial charge in [0.2, 0.25) is 0 Å². The van der Waals surface area contributed by atoms with Crippen molar-refractivity contribution in [3.8, 4) is 6.07 Å². The first-order valence-electron chi connectivity index (χ1n) is 5.51. The Hall–Kier alpha value is -1.87. The summed E-state index contributed by atoms with van der Waals surface area (Å²) < 4.78 is 22.5. The fourth-order valence-electron chi connectivity index (χ4n) is 1.87. The number of carbonyl (C=O) groups excluding carboxylic acids is 1. The number of nitriles is 1. The fraction of sp³-hybridized carbons (Fsp3) is 0.333. The molecule has 0 aromatic heterocycles. The average molecular weight is 264 g/mol. The highest BCUT2D eigenvalue weighted by Crippen LogP contribution is 2.12. The zero-order chi connectivity index (χ0) is 13.2. The van der Waals surface area contributed by atoms with E-state index in [4.69, 9.17) is 5.26 Å². The minimum atomic E-state index is -2.99. The molecule has 0 spiro atoms. The van der Waals surface area contributed by atoms with Crippen molar-refractivity contribution in [3.05, 3.63) is 35.4 Å². The minimum absolute atomic E-state index is 0.00895. The van der Waals surface area contributed by atoms with Crippen LogP contribution in [-0.2, 0) is 9.84 Å². The van der Waals surface area contributed by atoms with Crippen molar-refractivity contribution in [2.45, 2.75) is 12.5 Å². The van der Waals surface area contributed by atoms with Crippen LogP contribution in [0.5, 0.6) is 0 Å². The van der Waals surface area contributed by atoms with E-state index in [9.17, 15) is 13.2 Å². The highest BCUT2D eigenvalue weighted by molar-refractivity contribution is 7.91. The maximum atomic E-state index is 11.8. The molecule has 1 heterocycles. The number of hydrogen-bond donors (Lipinski definition) is 1. The summed E-state index contributed by atoms with van der Waals surface area (Å²) in [6.45, 7) is 0. The van der Waals surface area contributed by atoms with E-state index in [1.807, 2.05) is 6.07 Å². The molecule has 1 aromatic carbocycles. The first-order valence-corrected chi connectivity index (χ1v) is 7.34. The lowest BCUT2D eigenvalue weighted by molar-refractivity contribution is 0.0941. The number of carbonyl (C=O) groups is 1. The fourth-order valence-corrected chi connectivity index (χ4v) is 3.55. The molecule has 1 saturated heterocycles. The lowest BCUT2D eigenvalue weighted by atomic mass is 10.1. The van der Waals surface area contributed by atoms with Crippen LogP contribution in [0.2, 0.25) is 0 Å². The van der Waals surface area contributed by atoms with E-state index in [1.54, 1.807) is 24.3 Å². The first-order chi connectivity index (χ1) is 8.50. The number of nitrogens with one attached hydrogen (secondary N) is 1. The summed E-state index contributed by atoms with van der Waals surface area (Å²) in [5.41, 5.74) is 0.910. The van der Waals surface area contributed by atoms with Crippen LogP contribution in [0.4, 0.5) is 0 Å². The van der Waals surface area contributed by atoms with E-state index < -0.39 is 9.84 Å². The van der Waals surface area contributed by atoms with Crippen LogP contribution in [0, 0.1) is 11.3 Å². The number of rotatable bonds is 2. The van der Waals surface area contributed by atoms with Crippen molar-refractivity contribution in [1.82, 2.24) is 5.32 Å². The van der Waals surface area contributed by atoms with Crippen LogP contribution in [0.25, 0.3) is 0 Å². The maximum Gasteiger partial charge on any atom is 0.251 e. The van der Waals surface area contributed by atoms with E-state index in [2.05, 4.69) is 5.32 Å². The van der Waals surface area contributed by atoms with Gasteiger partial charge < -0.3 is 5.32 Å². The third-order valence-electron chi connectivity index (χ3n) is 2.84. The van der Waals surface area contributed by atoms with Crippen molar-refractivity contribution in [2.75, 3.05) is 11.5 Å². The predicted molar refractivity (Wildman–Crippen MR) is 65.7 cm³/mol. The van der Waals surface area contributed by atoms with Gasteiger partial charge in [0.25, 0.3) is 5.91 Å². The number of hydrogen-bond acceptors (Lipinski definition) is 4. The molecule has 1 aromatic rings. The lowest BCUT2D eigenvalue weighted by Crippen LogP contribution is -2.35. The lowest BCUT2D eigenvalue weighted by Gasteiger charge is -2.10. The molecule has 6 heteroatoms. The molecule has 0 unspecified atom stereocenters. The van der Waals surface area contributed by atoms with Crippen LogP contribution >= 0.6 is 0 Å². The molecule has 1 atom stereocenters. The second-order valence-electron chi connectivity index (χ2n) is 4.26. The molecule has 94 valence electrons. The summed E-state index contributed by atoms with van der Waals surface area (Å²) in [6.07, 6.45) is 0.463. The zero-order valence-electron chi connectivity index (χ0n) is 9.59. The second kappa shape index (κ2) is 4.78. The minimum Gasteiger partial charge on any atom is -0.348 e. The van der Waals surface area contributed by atoms with Crippen LogP contribution in [0.3, 0.4) is 0 Å². The van der Waals surface area contributed by atoms with Crippen molar-refractivity contribution >= 4 is 15.7 Å². The quantitative estimate of drug-likeness (QED) is 0.841. The Balaban J connectivity index is 2.02. The standard InChI is InChI=1S/C12H12N2O3S/c13-7-9-1-3-10(4-2-9)12(15)14-11-5-6-18(16,17)8-11/h1-4,11H,5-6,8H2,(H,14,15)/t11-/m1/s1. The summed E-state index contributed by atoms with van der Waals surface area (Å²) in [5.74, 6) is -0.165. The number of benzene rings is 1. The molecule has 5 nitrogen and oxygen atoms in total. The van der Waals surface area contributed by atoms with Gasteiger partial charge in [0.1, 0.15) is 0 Å². The summed E-state index contributed by atoms with van der Waals surface area (Å²) in [4.78, 5) is 11.8. The van der Waals surface area contributed by atoms with Gasteiger partial charge in [-0.05, 0) is 30.7 Å². The Morgan fingerprint density at radius 3 is 2.50 bits per heavy atom. The van der Waals surface area contributed by atoms with Crippen molar-refractivity contribution < 1.29 is 13.2 Å². The molecule has 0 bridgehead atoms. The van der Waals surface area contributed by atoms with Gasteiger partial charge in [-0.15, -0.1) is 0 Å². The van der Waals surface area contributed by atoms with Gasteiger partial charge in [-0.3, -0.25) is 4.79 Å². The largest absolute Gasteiger partial charge is 0.348 e. The normalized spacial score (nSPS) is 21.2. The van der Waals surface area contributed by atoms with Gasteiger partial charge in [0, 0.05) is 11.6 Å². The highest BCUT2D eigenvalue weighted by Gasteiger charge is 2.29. The first kappa shape index (κ1) is 12.6. The number of amides is 1. The van der Waals surface area contributed by atoms with E-state index >= 15 is 0 Å². The van der Waals surface area contributed by atoms with Gasteiger partial charge in [0.05, 0.1) is 23.1 Å². The maximum absolute atomic E-state index is 11.8. The molecular weight excluding hydrogens is 252 g/mol. The Morgan fingerprint density at radius 2 is 2.00 bits per heavy atom. The SMILES string of the molecule is N#Cc1ccc(C(=O)N[C@@H]2CCS(=O)(=O)C2)cc1. The third-order valence-corrected chi connectivity index (χ3v) is 4.61. The van der Waals surface area contributed by atoms with Crippen molar-refractivity contribution in [3.63, 3.8) is 0 Å². The third kappa shape index (κ3) is 2.87. The molecule has 2 rings (SSSR count). The van der Waals surface area contributed by atoms with E-state index in [0.29, 0.717) is 17.5 Å². The van der Waals surface area contributed by atoms with Crippen molar-refractivity contribution in [1.29, 1.82) is 5.26 Å². The van der Waals surface area contributed by atoms with Gasteiger partial charge in [-0.1, -0.05) is 0 Å². The number of nitrogens with zero attached hydrogens (tertiary/aromatic N) is 1. The van der Waals surface area contributed by atoms with E-state index in [1.165, 1.54) is 0 Å². The number of sulfone groups is 1. The summed E-state index contributed by atoms with van der Waals surface area (Å²) in [5, 5.41) is 11.3. The Bertz CT molecular complexity index is 599. The van der Waals surface area contributed by atoms with Gasteiger partial charge in [-0.25, -0.2) is 8.42 Å². The average Bonchev–Trinajstić information content (AvgIpc) is 2.68. The smallest absolute Gasteiger partial charge is 0.251 e. The molecule has 1 aliphatic rings. The Labute approximate surface area is 105 Å². The predicted octanol–water partition coefficient (Wildman–Crippen LogP) is 0.475. The van der Waals surface area contributed by atoms with Gasteiger partial charge in [0.15, 0.2) is 9.84 Å². The molecule has 1 N–H and O–H groups in total. The molecule has 1 fully saturated rings. The zero-order valence-corrected chi connectivity index (χ0v) is 10.4. The molecule has 0 aliphatic carbocycles. The topological polar surface area (TPSA) is 87.0 Å². The summed E-state index contributed by atoms with van der Waals surface area (Å²) in [7, 11) is -2.99. The van der Waals surface area contributed by atoms with E-state index in [0.717, 1.165) is 0 Å². The summed E-state index contributed by atoms with van der Waals surface area (Å²) in [6, 6.07) is 7.88. The second-order valence-corrected chi connectivity index (χ2v) is 6.49. The molecule has 18 heavy (non-hydrogen) atoms. The van der Waals surface area contributed by atoms with Crippen LogP contribution in [-0.4, -0.2) is 31.9 Å². The van der Waals surface area contributed by atoms with Crippen molar-refractivity contribution in [2.24, 2.45) is 0 Å². The summed E-state index contributed by atoms with van der Waals surface area (Å²) >= 11 is 0. The monoisotopic (exact) mass is 264 g/mol. The van der Waals surface area contributed by atoms with Gasteiger partial charge in [-0.2, -0.15) is 5.26 Å². The molecule has 0 saturated carbocycles. The van der Waals surface area contributed by atoms with Crippen LogP contribution < -0.4 is 5.32 Å².